The zero-order chi connectivity index (χ0) is 16.1. The Morgan fingerprint density at radius 2 is 2.09 bits per heavy atom. The van der Waals surface area contributed by atoms with Crippen molar-refractivity contribution < 1.29 is 4.79 Å². The lowest BCUT2D eigenvalue weighted by molar-refractivity contribution is 0.102. The summed E-state index contributed by atoms with van der Waals surface area (Å²) in [5.41, 5.74) is 1.84. The normalized spacial score (nSPS) is 11.8. The second-order valence-electron chi connectivity index (χ2n) is 5.16. The minimum atomic E-state index is -0.317. The van der Waals surface area contributed by atoms with Gasteiger partial charge >= 0.3 is 0 Å². The summed E-state index contributed by atoms with van der Waals surface area (Å²) in [6, 6.07) is 5.67. The Labute approximate surface area is 135 Å². The van der Waals surface area contributed by atoms with Gasteiger partial charge < -0.3 is 10.6 Å². The first-order valence-electron chi connectivity index (χ1n) is 7.15. The maximum Gasteiger partial charge on any atom is 0.275 e. The summed E-state index contributed by atoms with van der Waals surface area (Å²) < 4.78 is 0. The highest BCUT2D eigenvalue weighted by Gasteiger charge is 2.10. The van der Waals surface area contributed by atoms with Gasteiger partial charge in [-0.3, -0.25) is 4.79 Å². The van der Waals surface area contributed by atoms with Crippen LogP contribution in [0.2, 0.25) is 5.02 Å². The average Bonchev–Trinajstić information content (AvgIpc) is 2.51. The molecule has 0 aliphatic heterocycles. The summed E-state index contributed by atoms with van der Waals surface area (Å²) in [5, 5.41) is 6.56. The number of nitrogens with zero attached hydrogens (tertiary/aromatic N) is 2. The van der Waals surface area contributed by atoms with Crippen LogP contribution in [0, 0.1) is 6.92 Å². The van der Waals surface area contributed by atoms with Crippen molar-refractivity contribution in [1.82, 2.24) is 9.97 Å². The third kappa shape index (κ3) is 4.18. The van der Waals surface area contributed by atoms with Crippen LogP contribution >= 0.6 is 11.6 Å². The Balaban J connectivity index is 2.04. The summed E-state index contributed by atoms with van der Waals surface area (Å²) in [6.45, 7) is 6.05. The standard InChI is InChI=1S/C16H19ClN4O/c1-4-11(3)20-15-9-18-14(8-19-15)16(22)21-12-6-5-10(2)13(17)7-12/h5-9,11H,4H2,1-3H3,(H,19,20)(H,21,22). The van der Waals surface area contributed by atoms with E-state index in [9.17, 15) is 4.79 Å². The molecule has 2 N–H and O–H groups in total. The largest absolute Gasteiger partial charge is 0.366 e. The Kier molecular flexibility index (Phi) is 5.33. The van der Waals surface area contributed by atoms with E-state index in [4.69, 9.17) is 11.6 Å². The Hall–Kier alpha value is -2.14. The molecule has 116 valence electrons. The van der Waals surface area contributed by atoms with E-state index in [0.29, 0.717) is 22.6 Å². The van der Waals surface area contributed by atoms with E-state index in [-0.39, 0.29) is 11.6 Å². The van der Waals surface area contributed by atoms with Gasteiger partial charge in [0.2, 0.25) is 0 Å². The fraction of sp³-hybridized carbons (Fsp3) is 0.312. The van der Waals surface area contributed by atoms with Crippen LogP contribution in [0.25, 0.3) is 0 Å². The predicted molar refractivity (Wildman–Crippen MR) is 89.5 cm³/mol. The van der Waals surface area contributed by atoms with E-state index in [1.54, 1.807) is 18.3 Å². The van der Waals surface area contributed by atoms with Crippen molar-refractivity contribution in [1.29, 1.82) is 0 Å². The van der Waals surface area contributed by atoms with Crippen molar-refractivity contribution in [3.05, 3.63) is 46.9 Å². The van der Waals surface area contributed by atoms with Gasteiger partial charge in [0.05, 0.1) is 12.4 Å². The molecule has 0 saturated heterocycles. The first-order valence-corrected chi connectivity index (χ1v) is 7.53. The van der Waals surface area contributed by atoms with Crippen LogP contribution in [0.3, 0.4) is 0 Å². The predicted octanol–water partition coefficient (Wildman–Crippen LogP) is 3.90. The topological polar surface area (TPSA) is 66.9 Å². The number of aryl methyl sites for hydroxylation is 1. The Morgan fingerprint density at radius 3 is 2.68 bits per heavy atom. The third-order valence-electron chi connectivity index (χ3n) is 3.32. The molecule has 2 aromatic rings. The number of carbonyl (C=O) groups is 1. The van der Waals surface area contributed by atoms with E-state index in [2.05, 4.69) is 34.4 Å². The quantitative estimate of drug-likeness (QED) is 0.877. The monoisotopic (exact) mass is 318 g/mol. The molecule has 1 aromatic heterocycles. The van der Waals surface area contributed by atoms with Crippen molar-refractivity contribution in [2.75, 3.05) is 10.6 Å². The molecule has 0 fully saturated rings. The summed E-state index contributed by atoms with van der Waals surface area (Å²) >= 11 is 6.04. The van der Waals surface area contributed by atoms with Crippen molar-refractivity contribution in [3.63, 3.8) is 0 Å². The van der Waals surface area contributed by atoms with Crippen molar-refractivity contribution >= 4 is 29.0 Å². The molecule has 1 amide bonds. The lowest BCUT2D eigenvalue weighted by Crippen LogP contribution is -2.17. The van der Waals surface area contributed by atoms with E-state index < -0.39 is 0 Å². The van der Waals surface area contributed by atoms with Gasteiger partial charge in [0, 0.05) is 16.8 Å². The molecule has 5 nitrogen and oxygen atoms in total. The molecular weight excluding hydrogens is 300 g/mol. The molecule has 1 aromatic carbocycles. The highest BCUT2D eigenvalue weighted by Crippen LogP contribution is 2.20. The summed E-state index contributed by atoms with van der Waals surface area (Å²) in [5.74, 6) is 0.340. The molecule has 22 heavy (non-hydrogen) atoms. The number of rotatable bonds is 5. The van der Waals surface area contributed by atoms with Crippen LogP contribution in [0.1, 0.15) is 36.3 Å². The number of carbonyl (C=O) groups excluding carboxylic acids is 1. The highest BCUT2D eigenvalue weighted by atomic mass is 35.5. The fourth-order valence-corrected chi connectivity index (χ4v) is 1.92. The number of hydrogen-bond acceptors (Lipinski definition) is 4. The van der Waals surface area contributed by atoms with Crippen molar-refractivity contribution in [2.24, 2.45) is 0 Å². The van der Waals surface area contributed by atoms with E-state index in [1.807, 2.05) is 13.0 Å². The minimum absolute atomic E-state index is 0.256. The molecule has 0 aliphatic rings. The second-order valence-corrected chi connectivity index (χ2v) is 5.57. The van der Waals surface area contributed by atoms with E-state index >= 15 is 0 Å². The molecule has 6 heteroatoms. The molecular formula is C16H19ClN4O. The Morgan fingerprint density at radius 1 is 1.32 bits per heavy atom. The van der Waals surface area contributed by atoms with Gasteiger partial charge in [0.25, 0.3) is 5.91 Å². The SMILES string of the molecule is CCC(C)Nc1cnc(C(=O)Nc2ccc(C)c(Cl)c2)cn1. The minimum Gasteiger partial charge on any atom is -0.366 e. The van der Waals surface area contributed by atoms with Crippen LogP contribution in [0.5, 0.6) is 0 Å². The molecule has 0 saturated carbocycles. The molecule has 1 unspecified atom stereocenters. The molecule has 0 spiro atoms. The summed E-state index contributed by atoms with van der Waals surface area (Å²) in [4.78, 5) is 20.5. The smallest absolute Gasteiger partial charge is 0.275 e. The van der Waals surface area contributed by atoms with Crippen LogP contribution in [0.15, 0.2) is 30.6 Å². The first kappa shape index (κ1) is 16.2. The molecule has 1 heterocycles. The lowest BCUT2D eigenvalue weighted by Gasteiger charge is -2.11. The number of halogens is 1. The van der Waals surface area contributed by atoms with Gasteiger partial charge in [-0.2, -0.15) is 0 Å². The molecule has 0 bridgehead atoms. The van der Waals surface area contributed by atoms with Crippen LogP contribution in [-0.2, 0) is 0 Å². The number of benzene rings is 1. The number of nitrogens with one attached hydrogen (secondary N) is 2. The van der Waals surface area contributed by atoms with Gasteiger partial charge in [0.1, 0.15) is 11.5 Å². The second kappa shape index (κ2) is 7.22. The Bertz CT molecular complexity index is 658. The molecule has 0 radical (unpaired) electrons. The van der Waals surface area contributed by atoms with Crippen molar-refractivity contribution in [2.45, 2.75) is 33.2 Å². The highest BCUT2D eigenvalue weighted by molar-refractivity contribution is 6.31. The van der Waals surface area contributed by atoms with Gasteiger partial charge in [-0.05, 0) is 38.0 Å². The third-order valence-corrected chi connectivity index (χ3v) is 3.73. The number of aromatic nitrogens is 2. The summed E-state index contributed by atoms with van der Waals surface area (Å²) in [6.07, 6.45) is 4.00. The zero-order valence-electron chi connectivity index (χ0n) is 12.9. The van der Waals surface area contributed by atoms with Gasteiger partial charge in [-0.1, -0.05) is 24.6 Å². The van der Waals surface area contributed by atoms with Crippen LogP contribution < -0.4 is 10.6 Å². The average molecular weight is 319 g/mol. The number of amides is 1. The van der Waals surface area contributed by atoms with Gasteiger partial charge in [-0.15, -0.1) is 0 Å². The first-order chi connectivity index (χ1) is 10.5. The number of hydrogen-bond donors (Lipinski definition) is 2. The van der Waals surface area contributed by atoms with Gasteiger partial charge in [0.15, 0.2) is 0 Å². The fourth-order valence-electron chi connectivity index (χ4n) is 1.74. The van der Waals surface area contributed by atoms with Crippen LogP contribution in [0.4, 0.5) is 11.5 Å². The molecule has 0 aliphatic carbocycles. The summed E-state index contributed by atoms with van der Waals surface area (Å²) in [7, 11) is 0. The maximum absolute atomic E-state index is 12.1. The molecule has 2 rings (SSSR count). The lowest BCUT2D eigenvalue weighted by atomic mass is 10.2. The van der Waals surface area contributed by atoms with E-state index in [0.717, 1.165) is 12.0 Å². The van der Waals surface area contributed by atoms with Gasteiger partial charge in [-0.25, -0.2) is 9.97 Å². The van der Waals surface area contributed by atoms with Crippen LogP contribution in [-0.4, -0.2) is 21.9 Å². The maximum atomic E-state index is 12.1. The van der Waals surface area contributed by atoms with Crippen molar-refractivity contribution in [3.8, 4) is 0 Å². The zero-order valence-corrected chi connectivity index (χ0v) is 13.6. The molecule has 1 atom stereocenters. The number of anilines is 2. The van der Waals surface area contributed by atoms with E-state index in [1.165, 1.54) is 6.20 Å².